The van der Waals surface area contributed by atoms with E-state index in [-0.39, 0.29) is 18.6 Å². The van der Waals surface area contributed by atoms with Crippen molar-refractivity contribution in [2.24, 2.45) is 0 Å². The average molecular weight is 275 g/mol. The summed E-state index contributed by atoms with van der Waals surface area (Å²) < 4.78 is 5.28. The summed E-state index contributed by atoms with van der Waals surface area (Å²) in [5.74, 6) is 0.699. The highest BCUT2D eigenvalue weighted by atomic mass is 16.5. The number of nitrogens with zero attached hydrogens (tertiary/aromatic N) is 1. The van der Waals surface area contributed by atoms with Crippen LogP contribution < -0.4 is 4.74 Å². The van der Waals surface area contributed by atoms with Gasteiger partial charge in [-0.15, -0.1) is 0 Å². The molecule has 108 valence electrons. The average Bonchev–Trinajstić information content (AvgIpc) is 2.93. The molecular formula is C16H21NO3. The van der Waals surface area contributed by atoms with Crippen LogP contribution in [0.25, 0.3) is 6.08 Å². The van der Waals surface area contributed by atoms with Crippen molar-refractivity contribution in [2.45, 2.75) is 25.8 Å². The molecule has 1 atom stereocenters. The van der Waals surface area contributed by atoms with Crippen LogP contribution in [0.1, 0.15) is 24.0 Å². The number of carbonyl (C=O) groups is 1. The Bertz CT molecular complexity index is 510. The van der Waals surface area contributed by atoms with E-state index in [2.05, 4.69) is 0 Å². The van der Waals surface area contributed by atoms with Gasteiger partial charge in [-0.25, -0.2) is 0 Å². The lowest BCUT2D eigenvalue weighted by molar-refractivity contribution is -0.127. The standard InChI is InChI=1S/C16H21NO3/c1-12-5-7-15(20-2)13(10-12)6-8-16(19)17-9-3-4-14(17)11-18/h5-8,10,14,18H,3-4,9,11H2,1-2H3/t14-/m0/s1. The minimum atomic E-state index is -0.0508. The number of aliphatic hydroxyl groups is 1. The molecule has 4 nitrogen and oxygen atoms in total. The number of hydrogen-bond donors (Lipinski definition) is 1. The Morgan fingerprint density at radius 1 is 1.55 bits per heavy atom. The van der Waals surface area contributed by atoms with E-state index < -0.39 is 0 Å². The zero-order chi connectivity index (χ0) is 14.5. The van der Waals surface area contributed by atoms with Crippen LogP contribution >= 0.6 is 0 Å². The summed E-state index contributed by atoms with van der Waals surface area (Å²) in [6, 6.07) is 5.81. The number of aliphatic hydroxyl groups excluding tert-OH is 1. The van der Waals surface area contributed by atoms with Crippen LogP contribution in [0.2, 0.25) is 0 Å². The molecule has 2 rings (SSSR count). The second-order valence-corrected chi connectivity index (χ2v) is 5.09. The SMILES string of the molecule is COc1ccc(C)cc1C=CC(=O)N1CCC[C@H]1CO. The minimum absolute atomic E-state index is 0.0351. The van der Waals surface area contributed by atoms with Crippen molar-refractivity contribution in [1.82, 2.24) is 4.90 Å². The Balaban J connectivity index is 2.12. The molecule has 4 heteroatoms. The summed E-state index contributed by atoms with van der Waals surface area (Å²) >= 11 is 0. The van der Waals surface area contributed by atoms with E-state index in [0.29, 0.717) is 0 Å². The number of ether oxygens (including phenoxy) is 1. The van der Waals surface area contributed by atoms with Crippen molar-refractivity contribution in [3.8, 4) is 5.75 Å². The van der Waals surface area contributed by atoms with Gasteiger partial charge in [-0.3, -0.25) is 4.79 Å². The van der Waals surface area contributed by atoms with Crippen LogP contribution in [0.4, 0.5) is 0 Å². The summed E-state index contributed by atoms with van der Waals surface area (Å²) in [6.07, 6.45) is 5.18. The summed E-state index contributed by atoms with van der Waals surface area (Å²) in [5.41, 5.74) is 2.01. The topological polar surface area (TPSA) is 49.8 Å². The van der Waals surface area contributed by atoms with Crippen molar-refractivity contribution in [2.75, 3.05) is 20.3 Å². The number of rotatable bonds is 4. The molecule has 0 bridgehead atoms. The fourth-order valence-corrected chi connectivity index (χ4v) is 2.56. The molecule has 1 heterocycles. The number of hydrogen-bond acceptors (Lipinski definition) is 3. The van der Waals surface area contributed by atoms with Gasteiger partial charge in [0, 0.05) is 18.2 Å². The maximum Gasteiger partial charge on any atom is 0.246 e. The van der Waals surface area contributed by atoms with Crippen molar-refractivity contribution < 1.29 is 14.6 Å². The lowest BCUT2D eigenvalue weighted by Crippen LogP contribution is -2.36. The molecule has 20 heavy (non-hydrogen) atoms. The van der Waals surface area contributed by atoms with Crippen LogP contribution in [0.15, 0.2) is 24.3 Å². The first-order valence-electron chi connectivity index (χ1n) is 6.90. The highest BCUT2D eigenvalue weighted by molar-refractivity contribution is 5.92. The molecule has 1 aliphatic heterocycles. The number of amides is 1. The molecule has 1 amide bonds. The molecule has 1 aromatic carbocycles. The third kappa shape index (κ3) is 3.20. The molecule has 1 saturated heterocycles. The van der Waals surface area contributed by atoms with Gasteiger partial charge in [0.1, 0.15) is 5.75 Å². The Morgan fingerprint density at radius 3 is 3.05 bits per heavy atom. The van der Waals surface area contributed by atoms with Crippen molar-refractivity contribution in [1.29, 1.82) is 0 Å². The van der Waals surface area contributed by atoms with E-state index >= 15 is 0 Å². The van der Waals surface area contributed by atoms with Crippen LogP contribution in [0.5, 0.6) is 5.75 Å². The fraction of sp³-hybridized carbons (Fsp3) is 0.438. The van der Waals surface area contributed by atoms with Gasteiger partial charge < -0.3 is 14.7 Å². The smallest absolute Gasteiger partial charge is 0.246 e. The number of carbonyl (C=O) groups excluding carboxylic acids is 1. The maximum absolute atomic E-state index is 12.2. The van der Waals surface area contributed by atoms with E-state index in [1.54, 1.807) is 24.2 Å². The monoisotopic (exact) mass is 275 g/mol. The zero-order valence-electron chi connectivity index (χ0n) is 12.0. The van der Waals surface area contributed by atoms with Crippen molar-refractivity contribution in [3.63, 3.8) is 0 Å². The normalized spacial score (nSPS) is 18.8. The van der Waals surface area contributed by atoms with Crippen molar-refractivity contribution in [3.05, 3.63) is 35.4 Å². The Kier molecular flexibility index (Phi) is 4.79. The second kappa shape index (κ2) is 6.57. The Labute approximate surface area is 119 Å². The van der Waals surface area contributed by atoms with E-state index in [0.717, 1.165) is 36.3 Å². The predicted octanol–water partition coefficient (Wildman–Crippen LogP) is 2.00. The van der Waals surface area contributed by atoms with E-state index in [1.807, 2.05) is 25.1 Å². The first-order chi connectivity index (χ1) is 9.65. The molecule has 1 N–H and O–H groups in total. The van der Waals surface area contributed by atoms with Gasteiger partial charge in [0.15, 0.2) is 0 Å². The molecule has 1 aromatic rings. The Morgan fingerprint density at radius 2 is 2.35 bits per heavy atom. The predicted molar refractivity (Wildman–Crippen MR) is 78.6 cm³/mol. The highest BCUT2D eigenvalue weighted by Crippen LogP contribution is 2.22. The van der Waals surface area contributed by atoms with Gasteiger partial charge in [-0.05, 0) is 38.0 Å². The molecular weight excluding hydrogens is 254 g/mol. The molecule has 0 spiro atoms. The molecule has 0 aliphatic carbocycles. The summed E-state index contributed by atoms with van der Waals surface area (Å²) in [6.45, 7) is 2.76. The van der Waals surface area contributed by atoms with Gasteiger partial charge >= 0.3 is 0 Å². The van der Waals surface area contributed by atoms with Gasteiger partial charge in [-0.1, -0.05) is 11.6 Å². The Hall–Kier alpha value is -1.81. The summed E-state index contributed by atoms with van der Waals surface area (Å²) in [7, 11) is 1.62. The molecule has 0 unspecified atom stereocenters. The van der Waals surface area contributed by atoms with E-state index in [4.69, 9.17) is 4.74 Å². The third-order valence-electron chi connectivity index (χ3n) is 3.66. The lowest BCUT2D eigenvalue weighted by Gasteiger charge is -2.21. The highest BCUT2D eigenvalue weighted by Gasteiger charge is 2.26. The maximum atomic E-state index is 12.2. The van der Waals surface area contributed by atoms with E-state index in [1.165, 1.54) is 0 Å². The largest absolute Gasteiger partial charge is 0.496 e. The number of likely N-dealkylation sites (tertiary alicyclic amines) is 1. The van der Waals surface area contributed by atoms with Gasteiger partial charge in [0.05, 0.1) is 19.8 Å². The molecule has 0 saturated carbocycles. The zero-order valence-corrected chi connectivity index (χ0v) is 12.0. The first-order valence-corrected chi connectivity index (χ1v) is 6.90. The quantitative estimate of drug-likeness (QED) is 0.855. The number of methoxy groups -OCH3 is 1. The summed E-state index contributed by atoms with van der Waals surface area (Å²) in [4.78, 5) is 13.9. The van der Waals surface area contributed by atoms with Gasteiger partial charge in [-0.2, -0.15) is 0 Å². The fourth-order valence-electron chi connectivity index (χ4n) is 2.56. The molecule has 0 aromatic heterocycles. The number of benzene rings is 1. The van der Waals surface area contributed by atoms with Crippen LogP contribution in [-0.2, 0) is 4.79 Å². The van der Waals surface area contributed by atoms with Gasteiger partial charge in [0.25, 0.3) is 0 Å². The first kappa shape index (κ1) is 14.6. The minimum Gasteiger partial charge on any atom is -0.496 e. The third-order valence-corrected chi connectivity index (χ3v) is 3.66. The second-order valence-electron chi connectivity index (χ2n) is 5.09. The van der Waals surface area contributed by atoms with Gasteiger partial charge in [0.2, 0.25) is 5.91 Å². The molecule has 1 aliphatic rings. The van der Waals surface area contributed by atoms with Crippen LogP contribution in [-0.4, -0.2) is 42.2 Å². The van der Waals surface area contributed by atoms with Crippen LogP contribution in [0, 0.1) is 6.92 Å². The molecule has 1 fully saturated rings. The van der Waals surface area contributed by atoms with Crippen molar-refractivity contribution >= 4 is 12.0 Å². The summed E-state index contributed by atoms with van der Waals surface area (Å²) in [5, 5.41) is 9.25. The van der Waals surface area contributed by atoms with Crippen LogP contribution in [0.3, 0.4) is 0 Å². The lowest BCUT2D eigenvalue weighted by atomic mass is 10.1. The number of aryl methyl sites for hydroxylation is 1. The van der Waals surface area contributed by atoms with E-state index in [9.17, 15) is 9.90 Å². The molecule has 0 radical (unpaired) electrons.